The summed E-state index contributed by atoms with van der Waals surface area (Å²) >= 11 is 0. The minimum Gasteiger partial charge on any atom is -0.359 e. The quantitative estimate of drug-likeness (QED) is 0.615. The highest BCUT2D eigenvalue weighted by Crippen LogP contribution is 2.29. The van der Waals surface area contributed by atoms with Crippen LogP contribution in [-0.2, 0) is 9.53 Å². The van der Waals surface area contributed by atoms with E-state index in [4.69, 9.17) is 4.74 Å². The lowest BCUT2D eigenvalue weighted by molar-refractivity contribution is -0.131. The lowest BCUT2D eigenvalue weighted by Crippen LogP contribution is -2.32. The van der Waals surface area contributed by atoms with Gasteiger partial charge in [-0.15, -0.1) is 0 Å². The van der Waals surface area contributed by atoms with Crippen molar-refractivity contribution in [3.05, 3.63) is 0 Å². The first-order valence-corrected chi connectivity index (χ1v) is 5.27. The van der Waals surface area contributed by atoms with Crippen molar-refractivity contribution in [2.75, 3.05) is 13.1 Å². The normalized spacial score (nSPS) is 32.2. The van der Waals surface area contributed by atoms with Gasteiger partial charge in [0.15, 0.2) is 6.10 Å². The molecule has 2 aliphatic rings. The van der Waals surface area contributed by atoms with Crippen LogP contribution in [0.1, 0.15) is 32.6 Å². The highest BCUT2D eigenvalue weighted by Gasteiger charge is 2.46. The molecule has 0 aliphatic carbocycles. The number of hydrogen-bond acceptors (Lipinski definition) is 2. The highest BCUT2D eigenvalue weighted by molar-refractivity contribution is 5.84. The lowest BCUT2D eigenvalue weighted by atomic mass is 10.2. The van der Waals surface area contributed by atoms with Crippen LogP contribution in [0.2, 0.25) is 0 Å². The van der Waals surface area contributed by atoms with Gasteiger partial charge >= 0.3 is 0 Å². The van der Waals surface area contributed by atoms with Crippen molar-refractivity contribution in [1.82, 2.24) is 4.90 Å². The van der Waals surface area contributed by atoms with E-state index in [1.54, 1.807) is 0 Å². The van der Waals surface area contributed by atoms with Gasteiger partial charge in [-0.05, 0) is 19.3 Å². The van der Waals surface area contributed by atoms with Crippen LogP contribution in [0.25, 0.3) is 0 Å². The fraction of sp³-hybridized carbons (Fsp3) is 0.900. The molecule has 1 amide bonds. The molecule has 0 bridgehead atoms. The number of likely N-dealkylation sites (tertiary alicyclic amines) is 1. The van der Waals surface area contributed by atoms with E-state index in [9.17, 15) is 4.79 Å². The molecular formula is C10H17NO2. The molecule has 3 nitrogen and oxygen atoms in total. The first-order chi connectivity index (χ1) is 6.33. The number of carbonyl (C=O) groups is 1. The Bertz CT molecular complexity index is 199. The van der Waals surface area contributed by atoms with Crippen molar-refractivity contribution >= 4 is 5.91 Å². The Morgan fingerprint density at radius 2 is 2.15 bits per heavy atom. The second kappa shape index (κ2) is 3.66. The number of epoxide rings is 1. The van der Waals surface area contributed by atoms with E-state index in [1.807, 2.05) is 4.90 Å². The molecule has 2 atom stereocenters. The smallest absolute Gasteiger partial charge is 0.254 e. The molecule has 2 saturated heterocycles. The minimum absolute atomic E-state index is 0.0851. The van der Waals surface area contributed by atoms with E-state index in [-0.39, 0.29) is 18.1 Å². The topological polar surface area (TPSA) is 32.8 Å². The number of rotatable bonds is 3. The van der Waals surface area contributed by atoms with Gasteiger partial charge in [0, 0.05) is 13.1 Å². The maximum Gasteiger partial charge on any atom is 0.254 e. The summed E-state index contributed by atoms with van der Waals surface area (Å²) in [5, 5.41) is 0. The van der Waals surface area contributed by atoms with Crippen LogP contribution in [0, 0.1) is 0 Å². The van der Waals surface area contributed by atoms with Gasteiger partial charge in [-0.25, -0.2) is 0 Å². The Morgan fingerprint density at radius 1 is 1.46 bits per heavy atom. The third-order valence-corrected chi connectivity index (χ3v) is 2.82. The van der Waals surface area contributed by atoms with Crippen LogP contribution in [0.5, 0.6) is 0 Å². The third kappa shape index (κ3) is 1.85. The molecule has 0 aromatic rings. The molecule has 0 radical (unpaired) electrons. The molecule has 2 fully saturated rings. The molecule has 74 valence electrons. The Balaban J connectivity index is 1.79. The number of hydrogen-bond donors (Lipinski definition) is 0. The standard InChI is InChI=1S/C10H17NO2/c1-2-5-8-9(13-8)10(12)11-6-3-4-7-11/h8-9H,2-7H2,1H3/t8-,9+/m0/s1. The van der Waals surface area contributed by atoms with Crippen LogP contribution in [0.15, 0.2) is 0 Å². The van der Waals surface area contributed by atoms with E-state index in [1.165, 1.54) is 0 Å². The summed E-state index contributed by atoms with van der Waals surface area (Å²) in [6, 6.07) is 0. The van der Waals surface area contributed by atoms with Crippen molar-refractivity contribution in [1.29, 1.82) is 0 Å². The predicted octanol–water partition coefficient (Wildman–Crippen LogP) is 1.18. The molecule has 0 N–H and O–H groups in total. The van der Waals surface area contributed by atoms with Gasteiger partial charge in [0.25, 0.3) is 5.91 Å². The number of amides is 1. The Hall–Kier alpha value is -0.570. The Kier molecular flexibility index (Phi) is 2.54. The summed E-state index contributed by atoms with van der Waals surface area (Å²) < 4.78 is 5.34. The van der Waals surface area contributed by atoms with Gasteiger partial charge in [0.05, 0.1) is 6.10 Å². The van der Waals surface area contributed by atoms with Crippen molar-refractivity contribution < 1.29 is 9.53 Å². The molecule has 13 heavy (non-hydrogen) atoms. The first-order valence-electron chi connectivity index (χ1n) is 5.27. The summed E-state index contributed by atoms with van der Waals surface area (Å²) in [6.07, 6.45) is 4.61. The second-order valence-corrected chi connectivity index (χ2v) is 3.92. The molecule has 0 saturated carbocycles. The average Bonchev–Trinajstić information content (AvgIpc) is 2.67. The van der Waals surface area contributed by atoms with Crippen LogP contribution in [0.3, 0.4) is 0 Å². The summed E-state index contributed by atoms with van der Waals surface area (Å²) in [5.41, 5.74) is 0. The fourth-order valence-corrected chi connectivity index (χ4v) is 1.98. The number of carbonyl (C=O) groups excluding carboxylic acids is 1. The molecule has 0 spiro atoms. The summed E-state index contributed by atoms with van der Waals surface area (Å²) in [6.45, 7) is 4.01. The van der Waals surface area contributed by atoms with Crippen LogP contribution < -0.4 is 0 Å². The van der Waals surface area contributed by atoms with Crippen LogP contribution in [-0.4, -0.2) is 36.1 Å². The molecule has 2 rings (SSSR count). The second-order valence-electron chi connectivity index (χ2n) is 3.92. The minimum atomic E-state index is -0.0851. The zero-order valence-corrected chi connectivity index (χ0v) is 8.16. The molecule has 0 aromatic carbocycles. The van der Waals surface area contributed by atoms with E-state index in [0.717, 1.165) is 38.8 Å². The Morgan fingerprint density at radius 3 is 2.77 bits per heavy atom. The highest BCUT2D eigenvalue weighted by atomic mass is 16.6. The van der Waals surface area contributed by atoms with Gasteiger partial charge in [-0.1, -0.05) is 13.3 Å². The fourth-order valence-electron chi connectivity index (χ4n) is 1.98. The zero-order chi connectivity index (χ0) is 9.26. The van der Waals surface area contributed by atoms with Crippen molar-refractivity contribution in [3.63, 3.8) is 0 Å². The first kappa shape index (κ1) is 9.00. The van der Waals surface area contributed by atoms with E-state index < -0.39 is 0 Å². The van der Waals surface area contributed by atoms with Crippen LogP contribution >= 0.6 is 0 Å². The van der Waals surface area contributed by atoms with Gasteiger partial charge in [-0.3, -0.25) is 4.79 Å². The molecular weight excluding hydrogens is 166 g/mol. The van der Waals surface area contributed by atoms with Gasteiger partial charge in [0.1, 0.15) is 0 Å². The van der Waals surface area contributed by atoms with Crippen molar-refractivity contribution in [2.24, 2.45) is 0 Å². The maximum atomic E-state index is 11.7. The van der Waals surface area contributed by atoms with Gasteiger partial charge < -0.3 is 9.64 Å². The molecule has 0 aromatic heterocycles. The average molecular weight is 183 g/mol. The van der Waals surface area contributed by atoms with E-state index in [0.29, 0.717) is 0 Å². The third-order valence-electron chi connectivity index (χ3n) is 2.82. The lowest BCUT2D eigenvalue weighted by Gasteiger charge is -2.12. The largest absolute Gasteiger partial charge is 0.359 e. The predicted molar refractivity (Wildman–Crippen MR) is 49.4 cm³/mol. The number of ether oxygens (including phenoxy) is 1. The monoisotopic (exact) mass is 183 g/mol. The Labute approximate surface area is 79.0 Å². The van der Waals surface area contributed by atoms with Gasteiger partial charge in [0.2, 0.25) is 0 Å². The molecule has 0 unspecified atom stereocenters. The van der Waals surface area contributed by atoms with Crippen LogP contribution in [0.4, 0.5) is 0 Å². The van der Waals surface area contributed by atoms with Crippen molar-refractivity contribution in [3.8, 4) is 0 Å². The molecule has 3 heteroatoms. The zero-order valence-electron chi connectivity index (χ0n) is 8.16. The maximum absolute atomic E-state index is 11.7. The van der Waals surface area contributed by atoms with Crippen molar-refractivity contribution in [2.45, 2.75) is 44.8 Å². The molecule has 2 heterocycles. The van der Waals surface area contributed by atoms with E-state index in [2.05, 4.69) is 6.92 Å². The van der Waals surface area contributed by atoms with E-state index >= 15 is 0 Å². The van der Waals surface area contributed by atoms with Gasteiger partial charge in [-0.2, -0.15) is 0 Å². The SMILES string of the molecule is CCC[C@@H]1O[C@H]1C(=O)N1CCCC1. The summed E-state index contributed by atoms with van der Waals surface area (Å²) in [5.74, 6) is 0.232. The summed E-state index contributed by atoms with van der Waals surface area (Å²) in [7, 11) is 0. The number of nitrogens with zero attached hydrogens (tertiary/aromatic N) is 1. The molecule has 2 aliphatic heterocycles. The summed E-state index contributed by atoms with van der Waals surface area (Å²) in [4.78, 5) is 13.6.